The predicted octanol–water partition coefficient (Wildman–Crippen LogP) is 2.71. The molecule has 1 aromatic carbocycles. The van der Waals surface area contributed by atoms with Crippen molar-refractivity contribution in [3.05, 3.63) is 34.9 Å². The van der Waals surface area contributed by atoms with Crippen molar-refractivity contribution < 1.29 is 0 Å². The van der Waals surface area contributed by atoms with Gasteiger partial charge in [-0.1, -0.05) is 18.2 Å². The van der Waals surface area contributed by atoms with E-state index in [0.717, 1.165) is 6.42 Å². The van der Waals surface area contributed by atoms with Gasteiger partial charge >= 0.3 is 0 Å². The molecule has 0 amide bonds. The number of rotatable bonds is 3. The van der Waals surface area contributed by atoms with Crippen LogP contribution in [0.3, 0.4) is 0 Å². The minimum atomic E-state index is 0.202. The van der Waals surface area contributed by atoms with Crippen LogP contribution in [0.2, 0.25) is 0 Å². The minimum Gasteiger partial charge on any atom is -0.324 e. The third-order valence-corrected chi connectivity index (χ3v) is 4.50. The zero-order valence-corrected chi connectivity index (χ0v) is 11.1. The van der Waals surface area contributed by atoms with Crippen molar-refractivity contribution in [3.8, 4) is 0 Å². The van der Waals surface area contributed by atoms with Crippen molar-refractivity contribution >= 4 is 0 Å². The number of nitrogens with one attached hydrogen (secondary N) is 1. The Morgan fingerprint density at radius 2 is 2.00 bits per heavy atom. The zero-order chi connectivity index (χ0) is 12.4. The van der Waals surface area contributed by atoms with Crippen LogP contribution in [0, 0.1) is 0 Å². The molecule has 2 aliphatic rings. The quantitative estimate of drug-likeness (QED) is 0.858. The number of hydrogen-bond donors (Lipinski definition) is 2. The summed E-state index contributed by atoms with van der Waals surface area (Å²) in [6.07, 6.45) is 8.88. The molecule has 2 nitrogen and oxygen atoms in total. The molecule has 3 rings (SSSR count). The molecular formula is C16H24N2. The third-order valence-electron chi connectivity index (χ3n) is 4.50. The molecule has 0 bridgehead atoms. The second-order valence-corrected chi connectivity index (χ2v) is 5.87. The van der Waals surface area contributed by atoms with Crippen LogP contribution in [-0.4, -0.2) is 12.6 Å². The van der Waals surface area contributed by atoms with Gasteiger partial charge in [0.25, 0.3) is 0 Å². The maximum atomic E-state index is 6.37. The molecule has 1 saturated heterocycles. The Balaban J connectivity index is 1.70. The first kappa shape index (κ1) is 12.2. The molecule has 0 radical (unpaired) electrons. The lowest BCUT2D eigenvalue weighted by Crippen LogP contribution is -2.27. The average molecular weight is 244 g/mol. The first-order chi connectivity index (χ1) is 8.83. The van der Waals surface area contributed by atoms with E-state index in [-0.39, 0.29) is 6.04 Å². The molecule has 1 aromatic rings. The molecule has 1 aliphatic carbocycles. The van der Waals surface area contributed by atoms with Crippen LogP contribution in [0.15, 0.2) is 18.2 Å². The fraction of sp³-hybridized carbons (Fsp3) is 0.625. The van der Waals surface area contributed by atoms with Gasteiger partial charge in [-0.3, -0.25) is 0 Å². The van der Waals surface area contributed by atoms with Gasteiger partial charge in [0.1, 0.15) is 0 Å². The molecule has 0 spiro atoms. The van der Waals surface area contributed by atoms with Gasteiger partial charge in [0.05, 0.1) is 0 Å². The third kappa shape index (κ3) is 2.60. The molecule has 3 N–H and O–H groups in total. The summed E-state index contributed by atoms with van der Waals surface area (Å²) in [5.74, 6) is 0. The highest BCUT2D eigenvalue weighted by molar-refractivity contribution is 5.35. The van der Waals surface area contributed by atoms with Gasteiger partial charge in [0, 0.05) is 12.1 Å². The fourth-order valence-corrected chi connectivity index (χ4v) is 3.38. The van der Waals surface area contributed by atoms with Gasteiger partial charge < -0.3 is 11.1 Å². The fourth-order valence-electron chi connectivity index (χ4n) is 3.38. The summed E-state index contributed by atoms with van der Waals surface area (Å²) >= 11 is 0. The van der Waals surface area contributed by atoms with E-state index >= 15 is 0 Å². The summed E-state index contributed by atoms with van der Waals surface area (Å²) in [5, 5.41) is 3.54. The molecule has 98 valence electrons. The van der Waals surface area contributed by atoms with Crippen LogP contribution >= 0.6 is 0 Å². The number of fused-ring (bicyclic) bond motifs is 1. The van der Waals surface area contributed by atoms with Crippen LogP contribution in [0.25, 0.3) is 0 Å². The van der Waals surface area contributed by atoms with E-state index in [9.17, 15) is 0 Å². The van der Waals surface area contributed by atoms with E-state index in [1.54, 1.807) is 11.1 Å². The highest BCUT2D eigenvalue weighted by atomic mass is 14.9. The van der Waals surface area contributed by atoms with Crippen molar-refractivity contribution in [2.24, 2.45) is 5.73 Å². The second kappa shape index (κ2) is 5.41. The molecule has 2 atom stereocenters. The molecule has 0 aromatic heterocycles. The molecule has 1 aliphatic heterocycles. The van der Waals surface area contributed by atoms with Gasteiger partial charge in [0.15, 0.2) is 0 Å². The molecule has 0 saturated carbocycles. The lowest BCUT2D eigenvalue weighted by atomic mass is 9.88. The predicted molar refractivity (Wildman–Crippen MR) is 75.7 cm³/mol. The Bertz CT molecular complexity index is 408. The Morgan fingerprint density at radius 1 is 1.17 bits per heavy atom. The number of benzene rings is 1. The van der Waals surface area contributed by atoms with Crippen LogP contribution in [0.1, 0.15) is 54.8 Å². The van der Waals surface area contributed by atoms with Gasteiger partial charge in [-0.05, 0) is 68.2 Å². The Labute approximate surface area is 110 Å². The number of aryl methyl sites for hydroxylation is 2. The van der Waals surface area contributed by atoms with E-state index in [1.165, 1.54) is 50.6 Å². The van der Waals surface area contributed by atoms with Gasteiger partial charge in [0.2, 0.25) is 0 Å². The van der Waals surface area contributed by atoms with Gasteiger partial charge in [-0.15, -0.1) is 0 Å². The topological polar surface area (TPSA) is 38.0 Å². The van der Waals surface area contributed by atoms with E-state index in [0.29, 0.717) is 6.04 Å². The summed E-state index contributed by atoms with van der Waals surface area (Å²) in [6.45, 7) is 1.17. The normalized spacial score (nSPS) is 24.8. The molecule has 2 heteroatoms. The lowest BCUT2D eigenvalue weighted by molar-refractivity contribution is 0.498. The standard InChI is InChI=1S/C16H24N2/c17-16(11-15-6-3-9-18-15)14-8-7-12-4-1-2-5-13(12)10-14/h7-8,10,15-16,18H,1-6,9,11,17H2. The summed E-state index contributed by atoms with van der Waals surface area (Å²) in [7, 11) is 0. The van der Waals surface area contributed by atoms with Gasteiger partial charge in [-0.25, -0.2) is 0 Å². The Morgan fingerprint density at radius 3 is 2.78 bits per heavy atom. The van der Waals surface area contributed by atoms with Crippen LogP contribution in [0.4, 0.5) is 0 Å². The van der Waals surface area contributed by atoms with Crippen molar-refractivity contribution in [1.29, 1.82) is 0 Å². The van der Waals surface area contributed by atoms with E-state index in [1.807, 2.05) is 0 Å². The Hall–Kier alpha value is -0.860. The minimum absolute atomic E-state index is 0.202. The largest absolute Gasteiger partial charge is 0.324 e. The van der Waals surface area contributed by atoms with E-state index in [4.69, 9.17) is 5.73 Å². The summed E-state index contributed by atoms with van der Waals surface area (Å²) in [6, 6.07) is 7.77. The first-order valence-electron chi connectivity index (χ1n) is 7.43. The van der Waals surface area contributed by atoms with Crippen LogP contribution < -0.4 is 11.1 Å². The molecular weight excluding hydrogens is 220 g/mol. The van der Waals surface area contributed by atoms with Crippen molar-refractivity contribution in [3.63, 3.8) is 0 Å². The van der Waals surface area contributed by atoms with Gasteiger partial charge in [-0.2, -0.15) is 0 Å². The monoisotopic (exact) mass is 244 g/mol. The van der Waals surface area contributed by atoms with Crippen molar-refractivity contribution in [1.82, 2.24) is 5.32 Å². The average Bonchev–Trinajstić information content (AvgIpc) is 2.91. The van der Waals surface area contributed by atoms with E-state index in [2.05, 4.69) is 23.5 Å². The lowest BCUT2D eigenvalue weighted by Gasteiger charge is -2.21. The van der Waals surface area contributed by atoms with E-state index < -0.39 is 0 Å². The molecule has 1 heterocycles. The molecule has 18 heavy (non-hydrogen) atoms. The summed E-state index contributed by atoms with van der Waals surface area (Å²) < 4.78 is 0. The summed E-state index contributed by atoms with van der Waals surface area (Å²) in [4.78, 5) is 0. The Kier molecular flexibility index (Phi) is 3.67. The molecule has 2 unspecified atom stereocenters. The number of nitrogens with two attached hydrogens (primary N) is 1. The van der Waals surface area contributed by atoms with Crippen molar-refractivity contribution in [2.45, 2.75) is 57.0 Å². The van der Waals surface area contributed by atoms with Crippen LogP contribution in [-0.2, 0) is 12.8 Å². The first-order valence-corrected chi connectivity index (χ1v) is 7.43. The highest BCUT2D eigenvalue weighted by Gasteiger charge is 2.19. The maximum Gasteiger partial charge on any atom is 0.0309 e. The smallest absolute Gasteiger partial charge is 0.0309 e. The second-order valence-electron chi connectivity index (χ2n) is 5.87. The molecule has 1 fully saturated rings. The summed E-state index contributed by atoms with van der Waals surface area (Å²) in [5.41, 5.74) is 10.8. The highest BCUT2D eigenvalue weighted by Crippen LogP contribution is 2.26. The SMILES string of the molecule is NC(CC1CCCN1)c1ccc2c(c1)CCCC2. The maximum absolute atomic E-state index is 6.37. The van der Waals surface area contributed by atoms with Crippen LogP contribution in [0.5, 0.6) is 0 Å². The number of hydrogen-bond acceptors (Lipinski definition) is 2. The van der Waals surface area contributed by atoms with Crippen molar-refractivity contribution in [2.75, 3.05) is 6.54 Å². The zero-order valence-electron chi connectivity index (χ0n) is 11.1.